The Kier molecular flexibility index (Phi) is 4.30. The molecular formula is C14H15NO4. The third-order valence-electron chi connectivity index (χ3n) is 2.90. The fourth-order valence-electron chi connectivity index (χ4n) is 1.83. The maximum atomic E-state index is 11.8. The molecule has 0 spiro atoms. The second-order valence-corrected chi connectivity index (χ2v) is 4.34. The van der Waals surface area contributed by atoms with Crippen LogP contribution in [-0.2, 0) is 14.3 Å². The minimum atomic E-state index is -0.987. The normalized spacial score (nSPS) is 18.6. The van der Waals surface area contributed by atoms with E-state index < -0.39 is 5.97 Å². The number of rotatable bonds is 4. The van der Waals surface area contributed by atoms with Gasteiger partial charge in [0.1, 0.15) is 0 Å². The molecule has 5 nitrogen and oxygen atoms in total. The number of carbonyl (C=O) groups is 2. The van der Waals surface area contributed by atoms with E-state index in [0.717, 1.165) is 18.1 Å². The molecule has 0 bridgehead atoms. The Morgan fingerprint density at radius 2 is 2.05 bits per heavy atom. The molecule has 1 aromatic rings. The third-order valence-corrected chi connectivity index (χ3v) is 2.90. The summed E-state index contributed by atoms with van der Waals surface area (Å²) in [5.74, 6) is -1.10. The van der Waals surface area contributed by atoms with Gasteiger partial charge in [-0.15, -0.1) is 0 Å². The van der Waals surface area contributed by atoms with Crippen LogP contribution in [0.15, 0.2) is 30.3 Å². The van der Waals surface area contributed by atoms with Crippen LogP contribution in [0.2, 0.25) is 0 Å². The standard InChI is InChI=1S/C14H15NO4/c16-13(17)6-3-10-1-4-12(5-2-10)15-14(18)11-7-8-19-9-11/h1-6,11H,7-9H2,(H,15,18)(H,16,17). The lowest BCUT2D eigenvalue weighted by Crippen LogP contribution is -2.22. The van der Waals surface area contributed by atoms with Crippen LogP contribution in [0.1, 0.15) is 12.0 Å². The Morgan fingerprint density at radius 1 is 1.32 bits per heavy atom. The Bertz CT molecular complexity index is 487. The van der Waals surface area contributed by atoms with Gasteiger partial charge in [-0.05, 0) is 30.2 Å². The molecule has 2 rings (SSSR count). The van der Waals surface area contributed by atoms with Crippen LogP contribution < -0.4 is 5.32 Å². The van der Waals surface area contributed by atoms with Gasteiger partial charge in [0.25, 0.3) is 0 Å². The van der Waals surface area contributed by atoms with Crippen molar-refractivity contribution in [1.29, 1.82) is 0 Å². The van der Waals surface area contributed by atoms with Crippen molar-refractivity contribution in [1.82, 2.24) is 0 Å². The second kappa shape index (κ2) is 6.15. The number of carbonyl (C=O) groups excluding carboxylic acids is 1. The number of anilines is 1. The smallest absolute Gasteiger partial charge is 0.328 e. The first-order chi connectivity index (χ1) is 9.15. The lowest BCUT2D eigenvalue weighted by atomic mass is 10.1. The number of aliphatic carboxylic acids is 1. The van der Waals surface area contributed by atoms with Crippen molar-refractivity contribution in [2.75, 3.05) is 18.5 Å². The van der Waals surface area contributed by atoms with Crippen molar-refractivity contribution < 1.29 is 19.4 Å². The summed E-state index contributed by atoms with van der Waals surface area (Å²) < 4.78 is 5.16. The molecule has 1 heterocycles. The van der Waals surface area contributed by atoms with Crippen molar-refractivity contribution in [3.05, 3.63) is 35.9 Å². The van der Waals surface area contributed by atoms with E-state index in [4.69, 9.17) is 9.84 Å². The number of benzene rings is 1. The van der Waals surface area contributed by atoms with Crippen molar-refractivity contribution in [2.24, 2.45) is 5.92 Å². The molecule has 0 saturated carbocycles. The van der Waals surface area contributed by atoms with Crippen LogP contribution in [0.3, 0.4) is 0 Å². The highest BCUT2D eigenvalue weighted by Gasteiger charge is 2.23. The number of ether oxygens (including phenoxy) is 1. The highest BCUT2D eigenvalue weighted by Crippen LogP contribution is 2.16. The van der Waals surface area contributed by atoms with Gasteiger partial charge in [-0.25, -0.2) is 4.79 Å². The van der Waals surface area contributed by atoms with E-state index in [2.05, 4.69) is 5.32 Å². The molecule has 1 amide bonds. The average molecular weight is 261 g/mol. The van der Waals surface area contributed by atoms with E-state index in [9.17, 15) is 9.59 Å². The van der Waals surface area contributed by atoms with Crippen LogP contribution in [0, 0.1) is 5.92 Å². The first-order valence-electron chi connectivity index (χ1n) is 6.05. The van der Waals surface area contributed by atoms with Crippen LogP contribution in [-0.4, -0.2) is 30.2 Å². The molecule has 0 radical (unpaired) electrons. The predicted octanol–water partition coefficient (Wildman–Crippen LogP) is 1.76. The monoisotopic (exact) mass is 261 g/mol. The minimum absolute atomic E-state index is 0.0358. The van der Waals surface area contributed by atoms with Gasteiger partial charge in [-0.2, -0.15) is 0 Å². The van der Waals surface area contributed by atoms with E-state index in [1.54, 1.807) is 24.3 Å². The number of carboxylic acids is 1. The van der Waals surface area contributed by atoms with E-state index in [1.807, 2.05) is 0 Å². The highest BCUT2D eigenvalue weighted by molar-refractivity contribution is 5.93. The van der Waals surface area contributed by atoms with Gasteiger partial charge in [0, 0.05) is 18.4 Å². The number of amides is 1. The molecule has 1 fully saturated rings. The Morgan fingerprint density at radius 3 is 2.63 bits per heavy atom. The predicted molar refractivity (Wildman–Crippen MR) is 70.7 cm³/mol. The first kappa shape index (κ1) is 13.3. The zero-order chi connectivity index (χ0) is 13.7. The van der Waals surface area contributed by atoms with Crippen LogP contribution in [0.5, 0.6) is 0 Å². The maximum absolute atomic E-state index is 11.8. The van der Waals surface area contributed by atoms with Crippen molar-refractivity contribution in [3.8, 4) is 0 Å². The van der Waals surface area contributed by atoms with Crippen molar-refractivity contribution >= 4 is 23.6 Å². The summed E-state index contributed by atoms with van der Waals surface area (Å²) in [4.78, 5) is 22.2. The van der Waals surface area contributed by atoms with E-state index >= 15 is 0 Å². The lowest BCUT2D eigenvalue weighted by molar-refractivity contribution is -0.131. The number of nitrogens with one attached hydrogen (secondary N) is 1. The Hall–Kier alpha value is -2.14. The van der Waals surface area contributed by atoms with E-state index in [0.29, 0.717) is 18.9 Å². The largest absolute Gasteiger partial charge is 0.478 e. The quantitative estimate of drug-likeness (QED) is 0.810. The molecule has 1 aromatic carbocycles. The zero-order valence-electron chi connectivity index (χ0n) is 10.3. The number of hydrogen-bond donors (Lipinski definition) is 2. The summed E-state index contributed by atoms with van der Waals surface area (Å²) in [6.45, 7) is 1.11. The van der Waals surface area contributed by atoms with E-state index in [1.165, 1.54) is 6.08 Å². The molecule has 2 N–H and O–H groups in total. The topological polar surface area (TPSA) is 75.6 Å². The van der Waals surface area contributed by atoms with Gasteiger partial charge >= 0.3 is 5.97 Å². The minimum Gasteiger partial charge on any atom is -0.478 e. The van der Waals surface area contributed by atoms with Gasteiger partial charge in [-0.1, -0.05) is 12.1 Å². The molecule has 19 heavy (non-hydrogen) atoms. The fraction of sp³-hybridized carbons (Fsp3) is 0.286. The fourth-order valence-corrected chi connectivity index (χ4v) is 1.83. The molecule has 0 aliphatic carbocycles. The van der Waals surface area contributed by atoms with Crippen LogP contribution in [0.25, 0.3) is 6.08 Å². The third kappa shape index (κ3) is 3.93. The summed E-state index contributed by atoms with van der Waals surface area (Å²) in [5, 5.41) is 11.3. The molecule has 0 aromatic heterocycles. The summed E-state index contributed by atoms with van der Waals surface area (Å²) in [6.07, 6.45) is 3.33. The maximum Gasteiger partial charge on any atom is 0.328 e. The van der Waals surface area contributed by atoms with Gasteiger partial charge in [0.15, 0.2) is 0 Å². The summed E-state index contributed by atoms with van der Waals surface area (Å²) in [6, 6.07) is 6.99. The SMILES string of the molecule is O=C(O)C=Cc1ccc(NC(=O)C2CCOC2)cc1. The lowest BCUT2D eigenvalue weighted by Gasteiger charge is -2.09. The van der Waals surface area contributed by atoms with E-state index in [-0.39, 0.29) is 11.8 Å². The van der Waals surface area contributed by atoms with Gasteiger partial charge in [0.05, 0.1) is 12.5 Å². The number of hydrogen-bond acceptors (Lipinski definition) is 3. The highest BCUT2D eigenvalue weighted by atomic mass is 16.5. The molecule has 1 unspecified atom stereocenters. The molecular weight excluding hydrogens is 246 g/mol. The van der Waals surface area contributed by atoms with Gasteiger partial charge < -0.3 is 15.2 Å². The first-order valence-corrected chi connectivity index (χ1v) is 6.05. The molecule has 1 aliphatic rings. The van der Waals surface area contributed by atoms with Crippen LogP contribution >= 0.6 is 0 Å². The number of carboxylic acid groups (broad SMARTS) is 1. The van der Waals surface area contributed by atoms with Crippen molar-refractivity contribution in [2.45, 2.75) is 6.42 Å². The zero-order valence-corrected chi connectivity index (χ0v) is 10.3. The molecule has 100 valence electrons. The Labute approximate surface area is 110 Å². The molecule has 5 heteroatoms. The summed E-state index contributed by atoms with van der Waals surface area (Å²) in [5.41, 5.74) is 1.47. The van der Waals surface area contributed by atoms with Gasteiger partial charge in [0.2, 0.25) is 5.91 Å². The van der Waals surface area contributed by atoms with Crippen molar-refractivity contribution in [3.63, 3.8) is 0 Å². The summed E-state index contributed by atoms with van der Waals surface area (Å²) in [7, 11) is 0. The molecule has 1 atom stereocenters. The Balaban J connectivity index is 1.94. The average Bonchev–Trinajstić information content (AvgIpc) is 2.92. The summed E-state index contributed by atoms with van der Waals surface area (Å²) >= 11 is 0. The second-order valence-electron chi connectivity index (χ2n) is 4.34. The van der Waals surface area contributed by atoms with Crippen LogP contribution in [0.4, 0.5) is 5.69 Å². The molecule has 1 saturated heterocycles. The molecule has 1 aliphatic heterocycles. The van der Waals surface area contributed by atoms with Gasteiger partial charge in [-0.3, -0.25) is 4.79 Å².